The molecular weight excluding hydrogens is 687 g/mol. The number of hydrogen-bond donors (Lipinski definition) is 2. The zero-order valence-electron chi connectivity index (χ0n) is 15.1. The van der Waals surface area contributed by atoms with E-state index in [0.717, 1.165) is 39.1 Å². The minimum atomic E-state index is -1.00. The third kappa shape index (κ3) is 6.32. The summed E-state index contributed by atoms with van der Waals surface area (Å²) in [4.78, 5) is 11.0. The maximum Gasteiger partial charge on any atom is 0.320 e. The monoisotopic (exact) mass is 707 g/mol. The number of ether oxygens (including phenoxy) is 2. The van der Waals surface area contributed by atoms with Crippen molar-refractivity contribution in [3.63, 3.8) is 0 Å². The van der Waals surface area contributed by atoms with E-state index in [0.29, 0.717) is 0 Å². The number of carbonyl (C=O) groups is 1. The summed E-state index contributed by atoms with van der Waals surface area (Å²) in [7, 11) is 0. The van der Waals surface area contributed by atoms with E-state index in [9.17, 15) is 4.79 Å². The molecule has 0 fully saturated rings. The SMILES string of the molecule is Cc1cc(C[C@H](N)C(=O)O)cc(I)c1Oc1cc(I)c(OC(C)C)c(I)c1. The molecule has 0 aliphatic carbocycles. The van der Waals surface area contributed by atoms with Gasteiger partial charge < -0.3 is 20.3 Å². The molecule has 3 N–H and O–H groups in total. The van der Waals surface area contributed by atoms with E-state index >= 15 is 0 Å². The fourth-order valence-corrected chi connectivity index (χ4v) is 5.35. The molecule has 146 valence electrons. The van der Waals surface area contributed by atoms with Crippen LogP contribution in [0, 0.1) is 17.6 Å². The highest BCUT2D eigenvalue weighted by molar-refractivity contribution is 14.1. The van der Waals surface area contributed by atoms with Crippen LogP contribution in [0.25, 0.3) is 0 Å². The van der Waals surface area contributed by atoms with Crippen molar-refractivity contribution in [2.24, 2.45) is 5.73 Å². The molecule has 1 atom stereocenters. The molecule has 0 bridgehead atoms. The van der Waals surface area contributed by atoms with E-state index in [-0.39, 0.29) is 12.5 Å². The van der Waals surface area contributed by atoms with E-state index in [4.69, 9.17) is 20.3 Å². The van der Waals surface area contributed by atoms with Crippen LogP contribution in [-0.2, 0) is 11.2 Å². The summed E-state index contributed by atoms with van der Waals surface area (Å²) in [5, 5.41) is 9.00. The van der Waals surface area contributed by atoms with Crippen molar-refractivity contribution in [3.05, 3.63) is 46.1 Å². The van der Waals surface area contributed by atoms with Crippen LogP contribution >= 0.6 is 67.8 Å². The van der Waals surface area contributed by atoms with Gasteiger partial charge in [-0.2, -0.15) is 0 Å². The number of aryl methyl sites for hydroxylation is 1. The summed E-state index contributed by atoms with van der Waals surface area (Å²) >= 11 is 6.70. The molecule has 0 aliphatic heterocycles. The zero-order valence-corrected chi connectivity index (χ0v) is 21.5. The summed E-state index contributed by atoms with van der Waals surface area (Å²) in [5.74, 6) is 1.35. The van der Waals surface area contributed by atoms with E-state index in [1.165, 1.54) is 0 Å². The van der Waals surface area contributed by atoms with Crippen molar-refractivity contribution in [2.45, 2.75) is 39.3 Å². The molecule has 0 saturated carbocycles. The number of carboxylic acids is 1. The van der Waals surface area contributed by atoms with Gasteiger partial charge in [0.25, 0.3) is 0 Å². The Balaban J connectivity index is 2.28. The summed E-state index contributed by atoms with van der Waals surface area (Å²) in [5.41, 5.74) is 7.46. The van der Waals surface area contributed by atoms with Gasteiger partial charge in [0, 0.05) is 0 Å². The average Bonchev–Trinajstić information content (AvgIpc) is 2.54. The van der Waals surface area contributed by atoms with Gasteiger partial charge >= 0.3 is 5.97 Å². The molecule has 2 aromatic rings. The second-order valence-electron chi connectivity index (χ2n) is 6.36. The number of halogens is 3. The van der Waals surface area contributed by atoms with Gasteiger partial charge in [0.15, 0.2) is 0 Å². The molecule has 0 radical (unpaired) electrons. The van der Waals surface area contributed by atoms with Crippen molar-refractivity contribution < 1.29 is 19.4 Å². The molecule has 0 heterocycles. The van der Waals surface area contributed by atoms with Crippen LogP contribution in [0.4, 0.5) is 0 Å². The van der Waals surface area contributed by atoms with Crippen LogP contribution in [0.3, 0.4) is 0 Å². The molecule has 8 heteroatoms. The molecule has 27 heavy (non-hydrogen) atoms. The maximum absolute atomic E-state index is 11.0. The van der Waals surface area contributed by atoms with Crippen LogP contribution in [0.15, 0.2) is 24.3 Å². The van der Waals surface area contributed by atoms with Gasteiger partial charge in [-0.1, -0.05) is 6.07 Å². The highest BCUT2D eigenvalue weighted by atomic mass is 127. The van der Waals surface area contributed by atoms with Gasteiger partial charge in [-0.3, -0.25) is 4.79 Å². The highest BCUT2D eigenvalue weighted by Gasteiger charge is 2.17. The smallest absolute Gasteiger partial charge is 0.320 e. The largest absolute Gasteiger partial charge is 0.489 e. The van der Waals surface area contributed by atoms with Crippen LogP contribution in [0.1, 0.15) is 25.0 Å². The van der Waals surface area contributed by atoms with Crippen molar-refractivity contribution in [1.82, 2.24) is 0 Å². The van der Waals surface area contributed by atoms with E-state index < -0.39 is 12.0 Å². The second-order valence-corrected chi connectivity index (χ2v) is 9.84. The first-order chi connectivity index (χ1) is 12.6. The Kier molecular flexibility index (Phi) is 8.43. The minimum Gasteiger partial charge on any atom is -0.489 e. The minimum absolute atomic E-state index is 0.103. The van der Waals surface area contributed by atoms with Crippen molar-refractivity contribution in [2.75, 3.05) is 0 Å². The van der Waals surface area contributed by atoms with Crippen molar-refractivity contribution in [1.29, 1.82) is 0 Å². The fourth-order valence-electron chi connectivity index (χ4n) is 2.45. The molecular formula is C19H20I3NO4. The first kappa shape index (κ1) is 22.9. The van der Waals surface area contributed by atoms with Crippen molar-refractivity contribution >= 4 is 73.7 Å². The first-order valence-electron chi connectivity index (χ1n) is 8.19. The Bertz CT molecular complexity index is 809. The van der Waals surface area contributed by atoms with Crippen LogP contribution in [0.2, 0.25) is 0 Å². The average molecular weight is 707 g/mol. The third-order valence-electron chi connectivity index (χ3n) is 3.61. The Morgan fingerprint density at radius 3 is 2.11 bits per heavy atom. The molecule has 0 amide bonds. The van der Waals surface area contributed by atoms with Gasteiger partial charge in [-0.25, -0.2) is 0 Å². The number of nitrogens with two attached hydrogens (primary N) is 1. The number of hydrogen-bond acceptors (Lipinski definition) is 4. The number of aliphatic carboxylic acids is 1. The van der Waals surface area contributed by atoms with Crippen LogP contribution in [0.5, 0.6) is 17.2 Å². The van der Waals surface area contributed by atoms with Gasteiger partial charge in [0.05, 0.1) is 16.8 Å². The molecule has 2 aromatic carbocycles. The van der Waals surface area contributed by atoms with Crippen LogP contribution < -0.4 is 15.2 Å². The lowest BCUT2D eigenvalue weighted by Crippen LogP contribution is -2.32. The van der Waals surface area contributed by atoms with E-state index in [1.807, 2.05) is 45.0 Å². The summed E-state index contributed by atoms with van der Waals surface area (Å²) in [6, 6.07) is 6.82. The molecule has 0 aliphatic rings. The Hall–Kier alpha value is -0.340. The molecule has 0 spiro atoms. The lowest BCUT2D eigenvalue weighted by Gasteiger charge is -2.17. The lowest BCUT2D eigenvalue weighted by molar-refractivity contribution is -0.138. The van der Waals surface area contributed by atoms with Crippen molar-refractivity contribution in [3.8, 4) is 17.2 Å². The molecule has 0 saturated heterocycles. The first-order valence-corrected chi connectivity index (χ1v) is 11.4. The van der Waals surface area contributed by atoms with Gasteiger partial charge in [0.2, 0.25) is 0 Å². The number of rotatable bonds is 7. The summed E-state index contributed by atoms with van der Waals surface area (Å²) in [6.07, 6.45) is 0.385. The second kappa shape index (κ2) is 9.92. The molecule has 0 unspecified atom stereocenters. The summed E-state index contributed by atoms with van der Waals surface area (Å²) in [6.45, 7) is 5.94. The number of benzene rings is 2. The highest BCUT2D eigenvalue weighted by Crippen LogP contribution is 2.37. The predicted octanol–water partition coefficient (Wildman–Crippen LogP) is 5.34. The fraction of sp³-hybridized carbons (Fsp3) is 0.316. The van der Waals surface area contributed by atoms with Gasteiger partial charge in [-0.15, -0.1) is 0 Å². The topological polar surface area (TPSA) is 81.8 Å². The Labute approximate surface area is 199 Å². The Morgan fingerprint density at radius 1 is 1.07 bits per heavy atom. The van der Waals surface area contributed by atoms with Crippen LogP contribution in [-0.4, -0.2) is 23.2 Å². The summed E-state index contributed by atoms with van der Waals surface area (Å²) < 4.78 is 14.9. The third-order valence-corrected chi connectivity index (χ3v) is 6.01. The normalized spacial score (nSPS) is 12.1. The van der Waals surface area contributed by atoms with Gasteiger partial charge in [0.1, 0.15) is 23.3 Å². The molecule has 0 aromatic heterocycles. The lowest BCUT2D eigenvalue weighted by atomic mass is 10.0. The molecule has 2 rings (SSSR count). The van der Waals surface area contributed by atoms with Gasteiger partial charge in [-0.05, 0) is 124 Å². The maximum atomic E-state index is 11.0. The zero-order chi connectivity index (χ0) is 20.3. The number of carboxylic acid groups (broad SMARTS) is 1. The molecule has 5 nitrogen and oxygen atoms in total. The van der Waals surface area contributed by atoms with E-state index in [2.05, 4.69) is 67.8 Å². The Morgan fingerprint density at radius 2 is 1.63 bits per heavy atom. The van der Waals surface area contributed by atoms with E-state index in [1.54, 1.807) is 0 Å². The quantitative estimate of drug-likeness (QED) is 0.380. The standard InChI is InChI=1S/C19H20I3NO4/c1-9(2)26-18-14(21)7-12(8-15(18)22)27-17-10(3)4-11(5-13(17)20)6-16(23)19(24)25/h4-5,7-9,16H,6,23H2,1-3H3,(H,24,25)/t16-/m0/s1. The predicted molar refractivity (Wildman–Crippen MR) is 131 cm³/mol.